The van der Waals surface area contributed by atoms with E-state index in [-0.39, 0.29) is 12.7 Å². The highest BCUT2D eigenvalue weighted by Crippen LogP contribution is 2.68. The fraction of sp³-hybridized carbons (Fsp3) is 0.961. The molecule has 0 aromatic carbocycles. The van der Waals surface area contributed by atoms with Crippen LogP contribution in [0, 0.1) is 52.3 Å². The molecule has 3 saturated heterocycles. The Balaban J connectivity index is 0.787. The van der Waals surface area contributed by atoms with Crippen molar-refractivity contribution in [2.24, 2.45) is 52.3 Å². The summed E-state index contributed by atoms with van der Waals surface area (Å²) in [7, 11) is 0. The highest BCUT2D eigenvalue weighted by atomic mass is 16.8. The van der Waals surface area contributed by atoms with Crippen LogP contribution >= 0.6 is 0 Å². The van der Waals surface area contributed by atoms with Gasteiger partial charge >= 0.3 is 0 Å². The third-order valence-corrected chi connectivity index (χ3v) is 18.8. The molecule has 7 fully saturated rings. The van der Waals surface area contributed by atoms with E-state index in [4.69, 9.17) is 33.2 Å². The van der Waals surface area contributed by atoms with E-state index in [0.717, 1.165) is 54.0 Å². The summed E-state index contributed by atoms with van der Waals surface area (Å²) in [5.74, 6) is 5.72. The van der Waals surface area contributed by atoms with Gasteiger partial charge in [0.15, 0.2) is 18.9 Å². The molecule has 0 spiro atoms. The standard InChI is InChI=1S/C51H87N3O17/c1-26(2)8-6-9-27(3)32-12-13-33-31-11-10-28-20-30(14-16-50(28,4)34(31)15-17-51(32,33)5)66-25-29-21-54(53-52-29)18-7-19-65-47-43(63)45(39(59)36(23-56)67-47)71-49-44(64)46(40(60)37(24-57)69-49)70-48-42(62)41(61)38(58)35(22-55)68-48/h21,26-28,30-49,55-64H,6-20,22-25H2,1-5H3/t27-,28?,30+,31+,32-,33+,34+,35-,36-,37-,38-,39-,40-,41+,42+,43+,44+,45+,46+,47+,48-,49-,50+,51-/m1/s1. The van der Waals surface area contributed by atoms with Crippen molar-refractivity contribution < 1.29 is 84.2 Å². The van der Waals surface area contributed by atoms with Crippen LogP contribution < -0.4 is 0 Å². The normalized spacial score (nSPS) is 46.4. The van der Waals surface area contributed by atoms with E-state index < -0.39 is 112 Å². The number of fused-ring (bicyclic) bond motifs is 5. The maximum atomic E-state index is 11.3. The van der Waals surface area contributed by atoms with Gasteiger partial charge in [0.05, 0.1) is 45.3 Å². The minimum absolute atomic E-state index is 0.0486. The van der Waals surface area contributed by atoms with Gasteiger partial charge in [-0.25, -0.2) is 0 Å². The van der Waals surface area contributed by atoms with E-state index in [1.54, 1.807) is 4.68 Å². The Morgan fingerprint density at radius 1 is 0.648 bits per heavy atom. The molecule has 20 heteroatoms. The zero-order valence-electron chi connectivity index (χ0n) is 42.5. The summed E-state index contributed by atoms with van der Waals surface area (Å²) in [6.45, 7) is 11.1. The summed E-state index contributed by atoms with van der Waals surface area (Å²) in [6, 6.07) is 0. The Bertz CT molecular complexity index is 1820. The van der Waals surface area contributed by atoms with Crippen LogP contribution in [0.4, 0.5) is 0 Å². The van der Waals surface area contributed by atoms with Crippen LogP contribution in [0.2, 0.25) is 0 Å². The van der Waals surface area contributed by atoms with Gasteiger partial charge in [0.25, 0.3) is 0 Å². The summed E-state index contributed by atoms with van der Waals surface area (Å²) in [6.07, 6.45) is -6.72. The second-order valence-corrected chi connectivity index (χ2v) is 23.4. The fourth-order valence-electron chi connectivity index (χ4n) is 14.7. The molecule has 0 amide bonds. The van der Waals surface area contributed by atoms with Crippen molar-refractivity contribution in [2.45, 2.75) is 229 Å². The predicted molar refractivity (Wildman–Crippen MR) is 251 cm³/mol. The highest BCUT2D eigenvalue weighted by molar-refractivity contribution is 5.10. The van der Waals surface area contributed by atoms with Crippen LogP contribution in [-0.2, 0) is 46.3 Å². The van der Waals surface area contributed by atoms with Gasteiger partial charge < -0.3 is 84.2 Å². The molecule has 1 unspecified atom stereocenters. The van der Waals surface area contributed by atoms with Crippen LogP contribution in [0.15, 0.2) is 6.20 Å². The first-order valence-electron chi connectivity index (χ1n) is 26.9. The molecule has 408 valence electrons. The molecule has 4 saturated carbocycles. The van der Waals surface area contributed by atoms with Crippen molar-refractivity contribution in [2.75, 3.05) is 26.4 Å². The lowest BCUT2D eigenvalue weighted by molar-refractivity contribution is -0.381. The van der Waals surface area contributed by atoms with Crippen LogP contribution in [0.1, 0.15) is 124 Å². The molecule has 3 aliphatic heterocycles. The molecule has 4 aliphatic carbocycles. The Hall–Kier alpha value is -1.54. The van der Waals surface area contributed by atoms with Gasteiger partial charge in [0.1, 0.15) is 78.9 Å². The summed E-state index contributed by atoms with van der Waals surface area (Å²) in [4.78, 5) is 0. The highest BCUT2D eigenvalue weighted by Gasteiger charge is 2.61. The molecule has 24 atom stereocenters. The molecule has 0 bridgehead atoms. The zero-order chi connectivity index (χ0) is 50.9. The molecule has 1 aromatic heterocycles. The molecule has 1 aromatic rings. The van der Waals surface area contributed by atoms with Crippen molar-refractivity contribution in [1.29, 1.82) is 0 Å². The number of aryl methyl sites for hydroxylation is 1. The molecule has 71 heavy (non-hydrogen) atoms. The molecule has 8 rings (SSSR count). The predicted octanol–water partition coefficient (Wildman–Crippen LogP) is 1.14. The number of aliphatic hydroxyl groups excluding tert-OH is 10. The summed E-state index contributed by atoms with van der Waals surface area (Å²) < 4.78 is 42.3. The van der Waals surface area contributed by atoms with E-state index in [0.29, 0.717) is 36.3 Å². The first-order chi connectivity index (χ1) is 33.9. The minimum Gasteiger partial charge on any atom is -0.394 e. The number of hydrogen-bond acceptors (Lipinski definition) is 19. The topological polar surface area (TPSA) is 298 Å². The van der Waals surface area contributed by atoms with Crippen LogP contribution in [0.25, 0.3) is 0 Å². The summed E-state index contributed by atoms with van der Waals surface area (Å²) >= 11 is 0. The van der Waals surface area contributed by atoms with Crippen molar-refractivity contribution in [1.82, 2.24) is 15.0 Å². The second kappa shape index (κ2) is 23.8. The van der Waals surface area contributed by atoms with Gasteiger partial charge in [-0.1, -0.05) is 59.1 Å². The van der Waals surface area contributed by atoms with Gasteiger partial charge in [-0.05, 0) is 116 Å². The first kappa shape index (κ1) is 55.7. The summed E-state index contributed by atoms with van der Waals surface area (Å²) in [5.41, 5.74) is 1.61. The summed E-state index contributed by atoms with van der Waals surface area (Å²) in [5, 5.41) is 114. The Morgan fingerprint density at radius 3 is 1.92 bits per heavy atom. The molecule has 0 radical (unpaired) electrons. The van der Waals surface area contributed by atoms with Gasteiger partial charge in [0, 0.05) is 6.54 Å². The maximum Gasteiger partial charge on any atom is 0.187 e. The zero-order valence-corrected chi connectivity index (χ0v) is 42.5. The number of ether oxygens (including phenoxy) is 7. The Kier molecular flexibility index (Phi) is 18.7. The largest absolute Gasteiger partial charge is 0.394 e. The van der Waals surface area contributed by atoms with Crippen LogP contribution in [0.5, 0.6) is 0 Å². The number of rotatable bonds is 20. The lowest BCUT2D eigenvalue weighted by Crippen LogP contribution is -2.67. The maximum absolute atomic E-state index is 11.3. The van der Waals surface area contributed by atoms with E-state index in [2.05, 4.69) is 44.9 Å². The van der Waals surface area contributed by atoms with Crippen molar-refractivity contribution in [3.63, 3.8) is 0 Å². The second-order valence-electron chi connectivity index (χ2n) is 23.4. The molecule has 4 heterocycles. The Labute approximate surface area is 418 Å². The SMILES string of the molecule is CC(C)CCC[C@@H](C)[C@H]1CC[C@H]2[C@@H]3CCC4C[C@@H](OCc5cn(CCCO[C@H]6O[C@H](CO)[C@@H](O)[C@H](O[C@H]7O[C@H](CO)[C@@H](O)[C@H](O[C@H]8O[C@H](CO)[C@@H](O)[C@H](O)[C@@H]8O)[C@@H]7O)[C@@H]6O)nn5)CC[C@]4(C)[C@H]3CC[C@]12C. The average molecular weight is 1010 g/mol. The van der Waals surface area contributed by atoms with Crippen LogP contribution in [0.3, 0.4) is 0 Å². The van der Waals surface area contributed by atoms with E-state index in [9.17, 15) is 51.1 Å². The molecule has 20 nitrogen and oxygen atoms in total. The van der Waals surface area contributed by atoms with E-state index in [1.807, 2.05) is 6.20 Å². The number of aromatic nitrogens is 3. The fourth-order valence-corrected chi connectivity index (χ4v) is 14.7. The van der Waals surface area contributed by atoms with E-state index >= 15 is 0 Å². The third-order valence-electron chi connectivity index (χ3n) is 18.8. The first-order valence-corrected chi connectivity index (χ1v) is 26.9. The van der Waals surface area contributed by atoms with Crippen molar-refractivity contribution in [3.8, 4) is 0 Å². The minimum atomic E-state index is -1.93. The van der Waals surface area contributed by atoms with Gasteiger partial charge in [-0.3, -0.25) is 4.68 Å². The smallest absolute Gasteiger partial charge is 0.187 e. The lowest BCUT2D eigenvalue weighted by Gasteiger charge is -2.61. The molecule has 10 N–H and O–H groups in total. The lowest BCUT2D eigenvalue weighted by atomic mass is 9.44. The number of hydrogen-bond donors (Lipinski definition) is 10. The molecule has 7 aliphatic rings. The molecular formula is C51H87N3O17. The van der Waals surface area contributed by atoms with E-state index in [1.165, 1.54) is 64.2 Å². The van der Waals surface area contributed by atoms with Crippen molar-refractivity contribution >= 4 is 0 Å². The third kappa shape index (κ3) is 11.6. The monoisotopic (exact) mass is 1010 g/mol. The average Bonchev–Trinajstić information content (AvgIpc) is 3.97. The molecular weight excluding hydrogens is 927 g/mol. The van der Waals surface area contributed by atoms with Crippen molar-refractivity contribution in [3.05, 3.63) is 11.9 Å². The van der Waals surface area contributed by atoms with Gasteiger partial charge in [-0.15, -0.1) is 5.10 Å². The number of nitrogens with zero attached hydrogens (tertiary/aromatic N) is 3. The Morgan fingerprint density at radius 2 is 1.25 bits per heavy atom. The number of aliphatic hydroxyl groups is 10. The van der Waals surface area contributed by atoms with Gasteiger partial charge in [-0.2, -0.15) is 0 Å². The van der Waals surface area contributed by atoms with Gasteiger partial charge in [0.2, 0.25) is 0 Å². The van der Waals surface area contributed by atoms with Crippen LogP contribution in [-0.4, -0.2) is 191 Å². The quantitative estimate of drug-likeness (QED) is 0.0820.